The van der Waals surface area contributed by atoms with Gasteiger partial charge in [0.2, 0.25) is 0 Å². The summed E-state index contributed by atoms with van der Waals surface area (Å²) in [6, 6.07) is 9.10. The van der Waals surface area contributed by atoms with E-state index in [4.69, 9.17) is 0 Å². The molecule has 3 rings (SSSR count). The molecule has 0 aromatic heterocycles. The lowest BCUT2D eigenvalue weighted by molar-refractivity contribution is 0.240. The zero-order chi connectivity index (χ0) is 11.7. The number of rotatable bonds is 2. The predicted octanol–water partition coefficient (Wildman–Crippen LogP) is 3.35. The maximum atomic E-state index is 3.48. The Kier molecular flexibility index (Phi) is 3.19. The summed E-state index contributed by atoms with van der Waals surface area (Å²) in [5.74, 6) is 2.63. The maximum Gasteiger partial charge on any atom is -0.00462 e. The van der Waals surface area contributed by atoms with Crippen molar-refractivity contribution in [1.29, 1.82) is 0 Å². The normalized spacial score (nSPS) is 26.8. The van der Waals surface area contributed by atoms with Gasteiger partial charge in [0.15, 0.2) is 0 Å². The van der Waals surface area contributed by atoms with Crippen LogP contribution < -0.4 is 5.32 Å². The van der Waals surface area contributed by atoms with Crippen LogP contribution in [0, 0.1) is 11.8 Å². The van der Waals surface area contributed by atoms with Crippen LogP contribution in [0.5, 0.6) is 0 Å². The third kappa shape index (κ3) is 2.13. The average molecular weight is 229 g/mol. The highest BCUT2D eigenvalue weighted by molar-refractivity contribution is 5.35. The largest absolute Gasteiger partial charge is 0.317 e. The first-order valence-electron chi connectivity index (χ1n) is 7.15. The van der Waals surface area contributed by atoms with Crippen molar-refractivity contribution < 1.29 is 0 Å². The standard InChI is InChI=1S/C16H23N/c1-12(13-8-10-17-11-9-13)15-7-6-14-4-2-3-5-16(14)15/h2-5,12-13,15,17H,6-11H2,1H3. The monoisotopic (exact) mass is 229 g/mol. The molecular formula is C16H23N. The van der Waals surface area contributed by atoms with E-state index >= 15 is 0 Å². The van der Waals surface area contributed by atoms with Gasteiger partial charge in [0.05, 0.1) is 0 Å². The summed E-state index contributed by atoms with van der Waals surface area (Å²) in [6.45, 7) is 4.94. The van der Waals surface area contributed by atoms with Gasteiger partial charge in [0.25, 0.3) is 0 Å². The molecule has 1 aliphatic carbocycles. The Hall–Kier alpha value is -0.820. The molecule has 1 fully saturated rings. The van der Waals surface area contributed by atoms with E-state index < -0.39 is 0 Å². The third-order valence-electron chi connectivity index (χ3n) is 4.94. The summed E-state index contributed by atoms with van der Waals surface area (Å²) in [5, 5.41) is 3.48. The van der Waals surface area contributed by atoms with Crippen LogP contribution >= 0.6 is 0 Å². The van der Waals surface area contributed by atoms with Crippen molar-refractivity contribution in [1.82, 2.24) is 5.32 Å². The quantitative estimate of drug-likeness (QED) is 0.820. The highest BCUT2D eigenvalue weighted by Gasteiger charge is 2.31. The topological polar surface area (TPSA) is 12.0 Å². The SMILES string of the molecule is CC(C1CCNCC1)C1CCc2ccccc21. The Balaban J connectivity index is 1.76. The molecule has 0 radical (unpaired) electrons. The lowest BCUT2D eigenvalue weighted by atomic mass is 9.76. The Labute approximate surface area is 105 Å². The number of benzene rings is 1. The predicted molar refractivity (Wildman–Crippen MR) is 72.3 cm³/mol. The zero-order valence-electron chi connectivity index (χ0n) is 10.8. The molecular weight excluding hydrogens is 206 g/mol. The zero-order valence-corrected chi connectivity index (χ0v) is 10.8. The maximum absolute atomic E-state index is 3.48. The van der Waals surface area contributed by atoms with Gasteiger partial charge < -0.3 is 5.32 Å². The third-order valence-corrected chi connectivity index (χ3v) is 4.94. The van der Waals surface area contributed by atoms with Crippen LogP contribution in [-0.4, -0.2) is 13.1 Å². The fourth-order valence-corrected chi connectivity index (χ4v) is 3.83. The molecule has 1 aromatic carbocycles. The smallest absolute Gasteiger partial charge is 0.00462 e. The van der Waals surface area contributed by atoms with E-state index in [9.17, 15) is 0 Å². The van der Waals surface area contributed by atoms with Crippen molar-refractivity contribution in [3.05, 3.63) is 35.4 Å². The van der Waals surface area contributed by atoms with Crippen LogP contribution in [0.25, 0.3) is 0 Å². The summed E-state index contributed by atoms with van der Waals surface area (Å²) >= 11 is 0. The Morgan fingerprint density at radius 1 is 1.12 bits per heavy atom. The summed E-state index contributed by atoms with van der Waals surface area (Å²) in [4.78, 5) is 0. The van der Waals surface area contributed by atoms with E-state index in [0.29, 0.717) is 0 Å². The van der Waals surface area contributed by atoms with Crippen LogP contribution in [0.4, 0.5) is 0 Å². The minimum absolute atomic E-state index is 0.828. The first-order chi connectivity index (χ1) is 8.36. The molecule has 92 valence electrons. The number of aryl methyl sites for hydroxylation is 1. The van der Waals surface area contributed by atoms with Crippen LogP contribution in [0.2, 0.25) is 0 Å². The summed E-state index contributed by atoms with van der Waals surface area (Å²) < 4.78 is 0. The molecule has 0 saturated carbocycles. The van der Waals surface area contributed by atoms with Gasteiger partial charge in [-0.25, -0.2) is 0 Å². The van der Waals surface area contributed by atoms with E-state index in [1.54, 1.807) is 11.1 Å². The van der Waals surface area contributed by atoms with Crippen LogP contribution in [0.1, 0.15) is 43.2 Å². The summed E-state index contributed by atoms with van der Waals surface area (Å²) in [5.41, 5.74) is 3.26. The minimum Gasteiger partial charge on any atom is -0.317 e. The van der Waals surface area contributed by atoms with Gasteiger partial charge in [-0.2, -0.15) is 0 Å². The molecule has 2 atom stereocenters. The number of piperidine rings is 1. The van der Waals surface area contributed by atoms with E-state index in [0.717, 1.165) is 17.8 Å². The fraction of sp³-hybridized carbons (Fsp3) is 0.625. The molecule has 1 heteroatoms. The molecule has 1 N–H and O–H groups in total. The molecule has 1 aliphatic heterocycles. The summed E-state index contributed by atoms with van der Waals surface area (Å²) in [6.07, 6.45) is 5.43. The van der Waals surface area contributed by atoms with E-state index in [2.05, 4.69) is 36.5 Å². The van der Waals surface area contributed by atoms with Crippen LogP contribution in [0.15, 0.2) is 24.3 Å². The molecule has 17 heavy (non-hydrogen) atoms. The molecule has 0 amide bonds. The first kappa shape index (κ1) is 11.3. The highest BCUT2D eigenvalue weighted by Crippen LogP contribution is 2.42. The first-order valence-corrected chi connectivity index (χ1v) is 7.15. The van der Waals surface area contributed by atoms with Crippen molar-refractivity contribution >= 4 is 0 Å². The second-order valence-corrected chi connectivity index (χ2v) is 5.79. The number of nitrogens with one attached hydrogen (secondary N) is 1. The number of fused-ring (bicyclic) bond motifs is 1. The van der Waals surface area contributed by atoms with Crippen LogP contribution in [-0.2, 0) is 6.42 Å². The second kappa shape index (κ2) is 4.81. The lowest BCUT2D eigenvalue weighted by Crippen LogP contribution is -2.32. The molecule has 1 nitrogen and oxygen atoms in total. The van der Waals surface area contributed by atoms with Gasteiger partial charge in [0.1, 0.15) is 0 Å². The lowest BCUT2D eigenvalue weighted by Gasteiger charge is -2.32. The fourth-order valence-electron chi connectivity index (χ4n) is 3.83. The minimum atomic E-state index is 0.828. The van der Waals surface area contributed by atoms with Crippen molar-refractivity contribution in [3.8, 4) is 0 Å². The molecule has 0 spiro atoms. The Morgan fingerprint density at radius 2 is 1.88 bits per heavy atom. The Morgan fingerprint density at radius 3 is 2.71 bits per heavy atom. The number of hydrogen-bond acceptors (Lipinski definition) is 1. The summed E-state index contributed by atoms with van der Waals surface area (Å²) in [7, 11) is 0. The molecule has 0 bridgehead atoms. The van der Waals surface area contributed by atoms with Crippen molar-refractivity contribution in [3.63, 3.8) is 0 Å². The van der Waals surface area contributed by atoms with Gasteiger partial charge in [0, 0.05) is 0 Å². The van der Waals surface area contributed by atoms with Crippen molar-refractivity contribution in [2.75, 3.05) is 13.1 Å². The Bertz CT molecular complexity index is 379. The van der Waals surface area contributed by atoms with Gasteiger partial charge in [-0.1, -0.05) is 31.2 Å². The molecule has 2 unspecified atom stereocenters. The number of hydrogen-bond donors (Lipinski definition) is 1. The highest BCUT2D eigenvalue weighted by atomic mass is 14.9. The average Bonchev–Trinajstić information content (AvgIpc) is 2.83. The van der Waals surface area contributed by atoms with Gasteiger partial charge in [-0.15, -0.1) is 0 Å². The van der Waals surface area contributed by atoms with Crippen molar-refractivity contribution in [2.45, 2.75) is 38.5 Å². The van der Waals surface area contributed by atoms with Gasteiger partial charge in [-0.3, -0.25) is 0 Å². The van der Waals surface area contributed by atoms with E-state index in [1.165, 1.54) is 38.8 Å². The molecule has 1 aromatic rings. The molecule has 1 saturated heterocycles. The second-order valence-electron chi connectivity index (χ2n) is 5.79. The molecule has 2 aliphatic rings. The van der Waals surface area contributed by atoms with Gasteiger partial charge in [-0.05, 0) is 67.7 Å². The van der Waals surface area contributed by atoms with Gasteiger partial charge >= 0.3 is 0 Å². The van der Waals surface area contributed by atoms with Crippen LogP contribution in [0.3, 0.4) is 0 Å². The van der Waals surface area contributed by atoms with Crippen molar-refractivity contribution in [2.24, 2.45) is 11.8 Å². The van der Waals surface area contributed by atoms with E-state index in [-0.39, 0.29) is 0 Å². The molecule has 1 heterocycles. The van der Waals surface area contributed by atoms with E-state index in [1.807, 2.05) is 0 Å².